The normalized spacial score (nSPS) is 24.6. The van der Waals surface area contributed by atoms with Gasteiger partial charge in [0.25, 0.3) is 0 Å². The Bertz CT molecular complexity index is 692. The van der Waals surface area contributed by atoms with Crippen LogP contribution in [0, 0.1) is 11.3 Å². The zero-order valence-electron chi connectivity index (χ0n) is 19.2. The van der Waals surface area contributed by atoms with Gasteiger partial charge in [0.1, 0.15) is 11.9 Å². The second kappa shape index (κ2) is 9.67. The van der Waals surface area contributed by atoms with E-state index >= 15 is 0 Å². The predicted molar refractivity (Wildman–Crippen MR) is 120 cm³/mol. The molecular weight excluding hydrogens is 379 g/mol. The van der Waals surface area contributed by atoms with Crippen LogP contribution in [0.4, 0.5) is 4.39 Å². The van der Waals surface area contributed by atoms with Gasteiger partial charge in [-0.3, -0.25) is 4.79 Å². The Hall–Kier alpha value is -1.62. The smallest absolute Gasteiger partial charge is 0.230 e. The maximum Gasteiger partial charge on any atom is 0.230 e. The van der Waals surface area contributed by atoms with Gasteiger partial charge in [0, 0.05) is 19.0 Å². The average Bonchev–Trinajstić information content (AvgIpc) is 3.22. The molecule has 168 valence electrons. The molecule has 0 aromatic heterocycles. The fraction of sp³-hybridized carbons (Fsp3) is 0.720. The van der Waals surface area contributed by atoms with E-state index in [0.29, 0.717) is 13.1 Å². The number of carbonyl (C=O) groups excluding carboxylic acids is 1. The second-order valence-corrected chi connectivity index (χ2v) is 10.4. The van der Waals surface area contributed by atoms with Gasteiger partial charge in [0.05, 0.1) is 12.5 Å². The van der Waals surface area contributed by atoms with Crippen molar-refractivity contribution in [3.05, 3.63) is 29.8 Å². The van der Waals surface area contributed by atoms with E-state index in [1.165, 1.54) is 0 Å². The van der Waals surface area contributed by atoms with Crippen molar-refractivity contribution in [2.45, 2.75) is 70.9 Å². The molecule has 1 saturated heterocycles. The molecule has 2 fully saturated rings. The van der Waals surface area contributed by atoms with E-state index in [2.05, 4.69) is 31.0 Å². The summed E-state index contributed by atoms with van der Waals surface area (Å²) in [6, 6.07) is 7.87. The molecule has 4 nitrogen and oxygen atoms in total. The van der Waals surface area contributed by atoms with Crippen molar-refractivity contribution in [3.63, 3.8) is 0 Å². The fourth-order valence-electron chi connectivity index (χ4n) is 4.87. The summed E-state index contributed by atoms with van der Waals surface area (Å²) in [6.07, 6.45) is 4.83. The van der Waals surface area contributed by atoms with Crippen molar-refractivity contribution < 1.29 is 13.9 Å². The van der Waals surface area contributed by atoms with Crippen LogP contribution in [0.1, 0.15) is 64.9 Å². The van der Waals surface area contributed by atoms with Crippen molar-refractivity contribution in [3.8, 4) is 5.75 Å². The predicted octanol–water partition coefficient (Wildman–Crippen LogP) is 4.72. The summed E-state index contributed by atoms with van der Waals surface area (Å²) in [5, 5.41) is 3.14. The average molecular weight is 419 g/mol. The molecule has 30 heavy (non-hydrogen) atoms. The van der Waals surface area contributed by atoms with Crippen LogP contribution in [0.25, 0.3) is 0 Å². The molecule has 1 aliphatic carbocycles. The summed E-state index contributed by atoms with van der Waals surface area (Å²) >= 11 is 0. The van der Waals surface area contributed by atoms with Gasteiger partial charge in [-0.05, 0) is 61.9 Å². The standard InChI is InChI=1S/C25H39FN2O2/c1-24(2,3)14-16-28-15-11-19(22(26)18-28)17-27-23(29)25(12-5-6-13-25)20-7-9-21(30-4)10-8-20/h7-10,19,22H,5-6,11-18H2,1-4H3,(H,27,29). The summed E-state index contributed by atoms with van der Waals surface area (Å²) in [4.78, 5) is 15.5. The number of rotatable bonds is 7. The lowest BCUT2D eigenvalue weighted by Crippen LogP contribution is -2.49. The number of likely N-dealkylation sites (tertiary alicyclic amines) is 1. The molecule has 5 heteroatoms. The third kappa shape index (κ3) is 5.54. The van der Waals surface area contributed by atoms with E-state index in [4.69, 9.17) is 4.74 Å². The van der Waals surface area contributed by atoms with Gasteiger partial charge in [-0.2, -0.15) is 0 Å². The Kier molecular flexibility index (Phi) is 7.43. The first-order valence-corrected chi connectivity index (χ1v) is 11.5. The minimum atomic E-state index is -0.875. The summed E-state index contributed by atoms with van der Waals surface area (Å²) in [5.74, 6) is 0.771. The van der Waals surface area contributed by atoms with Crippen molar-refractivity contribution in [2.75, 3.05) is 33.3 Å². The summed E-state index contributed by atoms with van der Waals surface area (Å²) in [7, 11) is 1.65. The van der Waals surface area contributed by atoms with Crippen LogP contribution >= 0.6 is 0 Å². The first-order valence-electron chi connectivity index (χ1n) is 11.5. The number of nitrogens with zero attached hydrogens (tertiary/aromatic N) is 1. The Morgan fingerprint density at radius 2 is 1.90 bits per heavy atom. The molecule has 2 unspecified atom stereocenters. The fourth-order valence-corrected chi connectivity index (χ4v) is 4.87. The Balaban J connectivity index is 1.56. The zero-order chi connectivity index (χ0) is 21.8. The molecule has 2 aliphatic rings. The maximum atomic E-state index is 14.8. The second-order valence-electron chi connectivity index (χ2n) is 10.4. The molecule has 0 spiro atoms. The number of ether oxygens (including phenoxy) is 1. The third-order valence-electron chi connectivity index (χ3n) is 7.00. The molecule has 1 aliphatic heterocycles. The SMILES string of the molecule is COc1ccc(C2(C(=O)NCC3CCN(CCC(C)(C)C)CC3F)CCCC2)cc1. The zero-order valence-corrected chi connectivity index (χ0v) is 19.2. The molecular formula is C25H39FN2O2. The maximum absolute atomic E-state index is 14.8. The van der Waals surface area contributed by atoms with Crippen LogP contribution in [0.3, 0.4) is 0 Å². The molecule has 0 radical (unpaired) electrons. The first-order chi connectivity index (χ1) is 14.2. The summed E-state index contributed by atoms with van der Waals surface area (Å²) in [6.45, 7) is 9.47. The molecule has 1 aromatic carbocycles. The minimum Gasteiger partial charge on any atom is -0.497 e. The first kappa shape index (κ1) is 23.1. The quantitative estimate of drug-likeness (QED) is 0.697. The number of alkyl halides is 1. The van der Waals surface area contributed by atoms with E-state index in [9.17, 15) is 9.18 Å². The number of piperidine rings is 1. The van der Waals surface area contributed by atoms with Gasteiger partial charge < -0.3 is 15.0 Å². The van der Waals surface area contributed by atoms with Gasteiger partial charge in [-0.15, -0.1) is 0 Å². The summed E-state index contributed by atoms with van der Waals surface area (Å²) < 4.78 is 20.1. The number of methoxy groups -OCH3 is 1. The largest absolute Gasteiger partial charge is 0.497 e. The number of hydrogen-bond donors (Lipinski definition) is 1. The number of hydrogen-bond acceptors (Lipinski definition) is 3. The molecule has 1 saturated carbocycles. The number of benzene rings is 1. The van der Waals surface area contributed by atoms with Crippen LogP contribution < -0.4 is 10.1 Å². The van der Waals surface area contributed by atoms with E-state index in [1.807, 2.05) is 24.3 Å². The van der Waals surface area contributed by atoms with Gasteiger partial charge in [0.15, 0.2) is 0 Å². The Morgan fingerprint density at radius 3 is 2.47 bits per heavy atom. The van der Waals surface area contributed by atoms with Crippen LogP contribution in [-0.2, 0) is 10.2 Å². The molecule has 1 aromatic rings. The lowest BCUT2D eigenvalue weighted by atomic mass is 9.77. The summed E-state index contributed by atoms with van der Waals surface area (Å²) in [5.41, 5.74) is 0.839. The van der Waals surface area contributed by atoms with E-state index in [-0.39, 0.29) is 17.2 Å². The molecule has 0 bridgehead atoms. The van der Waals surface area contributed by atoms with Crippen molar-refractivity contribution >= 4 is 5.91 Å². The van der Waals surface area contributed by atoms with Gasteiger partial charge >= 0.3 is 0 Å². The van der Waals surface area contributed by atoms with Gasteiger partial charge in [0.2, 0.25) is 5.91 Å². The van der Waals surface area contributed by atoms with Crippen LogP contribution in [0.5, 0.6) is 5.75 Å². The molecule has 1 N–H and O–H groups in total. The lowest BCUT2D eigenvalue weighted by Gasteiger charge is -2.37. The van der Waals surface area contributed by atoms with E-state index in [1.54, 1.807) is 7.11 Å². The van der Waals surface area contributed by atoms with Gasteiger partial charge in [-0.1, -0.05) is 45.7 Å². The highest BCUT2D eigenvalue weighted by atomic mass is 19.1. The number of nitrogens with one attached hydrogen (secondary N) is 1. The molecule has 2 atom stereocenters. The Labute approximate surface area is 181 Å². The number of halogens is 1. The van der Waals surface area contributed by atoms with E-state index in [0.717, 1.165) is 62.9 Å². The van der Waals surface area contributed by atoms with Crippen LogP contribution in [0.2, 0.25) is 0 Å². The molecule has 1 heterocycles. The molecule has 1 amide bonds. The van der Waals surface area contributed by atoms with Crippen LogP contribution in [0.15, 0.2) is 24.3 Å². The van der Waals surface area contributed by atoms with Crippen molar-refractivity contribution in [1.82, 2.24) is 10.2 Å². The van der Waals surface area contributed by atoms with Gasteiger partial charge in [-0.25, -0.2) is 4.39 Å². The third-order valence-corrected chi connectivity index (χ3v) is 7.00. The highest BCUT2D eigenvalue weighted by Crippen LogP contribution is 2.42. The minimum absolute atomic E-state index is 0.0625. The number of amides is 1. The number of carbonyl (C=O) groups is 1. The lowest BCUT2D eigenvalue weighted by molar-refractivity contribution is -0.127. The highest BCUT2D eigenvalue weighted by Gasteiger charge is 2.43. The van der Waals surface area contributed by atoms with Crippen molar-refractivity contribution in [1.29, 1.82) is 0 Å². The highest BCUT2D eigenvalue weighted by molar-refractivity contribution is 5.88. The van der Waals surface area contributed by atoms with E-state index < -0.39 is 11.6 Å². The topological polar surface area (TPSA) is 41.6 Å². The molecule has 3 rings (SSSR count). The monoisotopic (exact) mass is 418 g/mol. The van der Waals surface area contributed by atoms with Crippen molar-refractivity contribution in [2.24, 2.45) is 11.3 Å². The Morgan fingerprint density at radius 1 is 1.23 bits per heavy atom. The van der Waals surface area contributed by atoms with Crippen LogP contribution in [-0.4, -0.2) is 50.3 Å².